The minimum absolute atomic E-state index is 0.567. The van der Waals surface area contributed by atoms with Gasteiger partial charge < -0.3 is 9.84 Å². The Kier molecular flexibility index (Phi) is 4.60. The molecule has 1 aromatic heterocycles. The number of fused-ring (bicyclic) bond motifs is 2. The Labute approximate surface area is 127 Å². The quantitative estimate of drug-likeness (QED) is 0.872. The minimum Gasteiger partial charge on any atom is -0.338 e. The van der Waals surface area contributed by atoms with Gasteiger partial charge in [-0.15, -0.1) is 0 Å². The van der Waals surface area contributed by atoms with Crippen molar-refractivity contribution in [2.45, 2.75) is 77.5 Å². The molecule has 2 bridgehead atoms. The van der Waals surface area contributed by atoms with Crippen molar-refractivity contribution in [2.24, 2.45) is 5.92 Å². The number of rotatable bonds is 6. The van der Waals surface area contributed by atoms with Crippen LogP contribution >= 0.6 is 0 Å². The Bertz CT molecular complexity index is 447. The second-order valence-electron chi connectivity index (χ2n) is 7.03. The highest BCUT2D eigenvalue weighted by Crippen LogP contribution is 2.30. The molecule has 1 N–H and O–H groups in total. The van der Waals surface area contributed by atoms with Gasteiger partial charge in [-0.25, -0.2) is 0 Å². The van der Waals surface area contributed by atoms with Crippen LogP contribution in [0.1, 0.15) is 58.2 Å². The van der Waals surface area contributed by atoms with E-state index in [1.807, 2.05) is 0 Å². The molecule has 0 spiro atoms. The Morgan fingerprint density at radius 3 is 2.62 bits per heavy atom. The first-order valence-corrected chi connectivity index (χ1v) is 8.45. The number of hydrogen-bond acceptors (Lipinski definition) is 5. The van der Waals surface area contributed by atoms with Crippen molar-refractivity contribution in [3.63, 3.8) is 0 Å². The molecule has 3 heterocycles. The van der Waals surface area contributed by atoms with E-state index in [1.54, 1.807) is 0 Å². The predicted molar refractivity (Wildman–Crippen MR) is 81.9 cm³/mol. The molecule has 2 fully saturated rings. The van der Waals surface area contributed by atoms with Gasteiger partial charge >= 0.3 is 0 Å². The van der Waals surface area contributed by atoms with Crippen molar-refractivity contribution in [3.8, 4) is 0 Å². The maximum Gasteiger partial charge on any atom is 0.240 e. The van der Waals surface area contributed by atoms with Crippen LogP contribution in [0.5, 0.6) is 0 Å². The summed E-state index contributed by atoms with van der Waals surface area (Å²) in [6.45, 7) is 8.44. The summed E-state index contributed by atoms with van der Waals surface area (Å²) >= 11 is 0. The van der Waals surface area contributed by atoms with E-state index in [4.69, 9.17) is 4.52 Å². The zero-order valence-electron chi connectivity index (χ0n) is 13.5. The van der Waals surface area contributed by atoms with E-state index in [0.29, 0.717) is 12.0 Å². The summed E-state index contributed by atoms with van der Waals surface area (Å²) in [6, 6.07) is 2.11. The standard InChI is InChI=1S/C16H28N4O/c1-4-20(14-8-12-5-6-13(9-14)17-12)10-16-18-15(19-21-16)7-11(2)3/h11-14,17H,4-10H2,1-3H3. The van der Waals surface area contributed by atoms with Gasteiger partial charge in [0.05, 0.1) is 6.54 Å². The summed E-state index contributed by atoms with van der Waals surface area (Å²) in [5.41, 5.74) is 0. The Morgan fingerprint density at radius 1 is 1.29 bits per heavy atom. The molecule has 3 rings (SSSR count). The van der Waals surface area contributed by atoms with Crippen molar-refractivity contribution in [3.05, 3.63) is 11.7 Å². The molecule has 0 saturated carbocycles. The van der Waals surface area contributed by atoms with Crippen LogP contribution < -0.4 is 5.32 Å². The first-order chi connectivity index (χ1) is 10.1. The van der Waals surface area contributed by atoms with Gasteiger partial charge in [0.1, 0.15) is 0 Å². The second-order valence-corrected chi connectivity index (χ2v) is 7.03. The molecule has 2 unspecified atom stereocenters. The van der Waals surface area contributed by atoms with E-state index in [0.717, 1.165) is 43.3 Å². The fourth-order valence-corrected chi connectivity index (χ4v) is 3.80. The smallest absolute Gasteiger partial charge is 0.240 e. The second kappa shape index (κ2) is 6.44. The lowest BCUT2D eigenvalue weighted by Crippen LogP contribution is -2.47. The Morgan fingerprint density at radius 2 is 2.00 bits per heavy atom. The SMILES string of the molecule is CCN(Cc1nc(CC(C)C)no1)C1CC2CCC(C1)N2. The maximum atomic E-state index is 5.44. The highest BCUT2D eigenvalue weighted by atomic mass is 16.5. The molecule has 0 aliphatic carbocycles. The van der Waals surface area contributed by atoms with E-state index in [1.165, 1.54) is 25.7 Å². The zero-order valence-corrected chi connectivity index (χ0v) is 13.5. The number of aromatic nitrogens is 2. The first kappa shape index (κ1) is 15.0. The van der Waals surface area contributed by atoms with Gasteiger partial charge in [0.15, 0.2) is 5.82 Å². The summed E-state index contributed by atoms with van der Waals surface area (Å²) in [7, 11) is 0. The third-order valence-electron chi connectivity index (χ3n) is 4.81. The van der Waals surface area contributed by atoms with Crippen molar-refractivity contribution >= 4 is 0 Å². The Balaban J connectivity index is 1.60. The van der Waals surface area contributed by atoms with Crippen molar-refractivity contribution in [1.82, 2.24) is 20.4 Å². The summed E-state index contributed by atoms with van der Waals surface area (Å²) in [6.07, 6.45) is 6.11. The van der Waals surface area contributed by atoms with Crippen LogP contribution in [0.25, 0.3) is 0 Å². The van der Waals surface area contributed by atoms with Crippen LogP contribution in [-0.2, 0) is 13.0 Å². The van der Waals surface area contributed by atoms with E-state index < -0.39 is 0 Å². The lowest BCUT2D eigenvalue weighted by Gasteiger charge is -2.36. The topological polar surface area (TPSA) is 54.2 Å². The molecule has 5 nitrogen and oxygen atoms in total. The third-order valence-corrected chi connectivity index (χ3v) is 4.81. The normalized spacial score (nSPS) is 28.7. The van der Waals surface area contributed by atoms with E-state index in [9.17, 15) is 0 Å². The van der Waals surface area contributed by atoms with Gasteiger partial charge in [-0.05, 0) is 38.1 Å². The van der Waals surface area contributed by atoms with E-state index in [-0.39, 0.29) is 0 Å². The molecule has 118 valence electrons. The van der Waals surface area contributed by atoms with Gasteiger partial charge in [-0.3, -0.25) is 4.90 Å². The first-order valence-electron chi connectivity index (χ1n) is 8.45. The van der Waals surface area contributed by atoms with Gasteiger partial charge in [0.2, 0.25) is 5.89 Å². The lowest BCUT2D eigenvalue weighted by molar-refractivity contribution is 0.126. The third kappa shape index (κ3) is 3.64. The highest BCUT2D eigenvalue weighted by molar-refractivity contribution is 4.96. The number of piperidine rings is 1. The zero-order chi connectivity index (χ0) is 14.8. The van der Waals surface area contributed by atoms with Crippen LogP contribution in [0.4, 0.5) is 0 Å². The molecule has 2 atom stereocenters. The molecule has 1 aromatic rings. The van der Waals surface area contributed by atoms with Crippen LogP contribution in [0, 0.1) is 5.92 Å². The average molecular weight is 292 g/mol. The maximum absolute atomic E-state index is 5.44. The van der Waals surface area contributed by atoms with E-state index in [2.05, 4.69) is 41.1 Å². The summed E-state index contributed by atoms with van der Waals surface area (Å²) in [4.78, 5) is 7.06. The van der Waals surface area contributed by atoms with Gasteiger partial charge in [0, 0.05) is 24.5 Å². The monoisotopic (exact) mass is 292 g/mol. The summed E-state index contributed by atoms with van der Waals surface area (Å²) < 4.78 is 5.44. The number of hydrogen-bond donors (Lipinski definition) is 1. The molecular formula is C16H28N4O. The number of nitrogens with zero attached hydrogens (tertiary/aromatic N) is 3. The minimum atomic E-state index is 0.567. The molecule has 21 heavy (non-hydrogen) atoms. The molecule has 0 amide bonds. The predicted octanol–water partition coefficient (Wildman–Crippen LogP) is 2.37. The molecule has 0 aromatic carbocycles. The molecule has 2 aliphatic rings. The Hall–Kier alpha value is -0.940. The molecule has 0 radical (unpaired) electrons. The van der Waals surface area contributed by atoms with Crippen LogP contribution in [0.3, 0.4) is 0 Å². The summed E-state index contributed by atoms with van der Waals surface area (Å²) in [5, 5.41) is 7.82. The highest BCUT2D eigenvalue weighted by Gasteiger charge is 2.36. The van der Waals surface area contributed by atoms with Gasteiger partial charge in [0.25, 0.3) is 0 Å². The molecule has 5 heteroatoms. The molecule has 2 aliphatic heterocycles. The fraction of sp³-hybridized carbons (Fsp3) is 0.875. The lowest BCUT2D eigenvalue weighted by atomic mass is 9.98. The fourth-order valence-electron chi connectivity index (χ4n) is 3.80. The van der Waals surface area contributed by atoms with Crippen molar-refractivity contribution in [1.29, 1.82) is 0 Å². The van der Waals surface area contributed by atoms with Crippen LogP contribution in [0.15, 0.2) is 4.52 Å². The van der Waals surface area contributed by atoms with Crippen molar-refractivity contribution in [2.75, 3.05) is 6.54 Å². The van der Waals surface area contributed by atoms with Gasteiger partial charge in [-0.1, -0.05) is 25.9 Å². The average Bonchev–Trinajstić information content (AvgIpc) is 3.02. The van der Waals surface area contributed by atoms with E-state index >= 15 is 0 Å². The summed E-state index contributed by atoms with van der Waals surface area (Å²) in [5.74, 6) is 2.19. The van der Waals surface area contributed by atoms with Crippen LogP contribution in [-0.4, -0.2) is 39.7 Å². The van der Waals surface area contributed by atoms with Gasteiger partial charge in [-0.2, -0.15) is 4.98 Å². The largest absolute Gasteiger partial charge is 0.338 e. The van der Waals surface area contributed by atoms with Crippen LogP contribution in [0.2, 0.25) is 0 Å². The number of nitrogens with one attached hydrogen (secondary N) is 1. The molecular weight excluding hydrogens is 264 g/mol. The molecule has 2 saturated heterocycles. The van der Waals surface area contributed by atoms with Crippen molar-refractivity contribution < 1.29 is 4.52 Å².